The predicted molar refractivity (Wildman–Crippen MR) is 101 cm³/mol. The molecule has 0 fully saturated rings. The summed E-state index contributed by atoms with van der Waals surface area (Å²) in [5.74, 6) is 0.330. The van der Waals surface area contributed by atoms with E-state index in [1.54, 1.807) is 35.2 Å². The van der Waals surface area contributed by atoms with Crippen LogP contribution in [0.5, 0.6) is 0 Å². The summed E-state index contributed by atoms with van der Waals surface area (Å²) < 4.78 is 1.80. The fraction of sp³-hybridized carbons (Fsp3) is 0. The maximum atomic E-state index is 12.2. The predicted octanol–water partition coefficient (Wildman–Crippen LogP) is 4.11. The highest BCUT2D eigenvalue weighted by Crippen LogP contribution is 2.22. The summed E-state index contributed by atoms with van der Waals surface area (Å²) in [4.78, 5) is 25.0. The van der Waals surface area contributed by atoms with Crippen LogP contribution in [0.1, 0.15) is 0 Å². The average molecular weight is 365 g/mol. The Morgan fingerprint density at radius 2 is 1.69 bits per heavy atom. The van der Waals surface area contributed by atoms with Crippen molar-refractivity contribution in [2.24, 2.45) is 0 Å². The molecule has 2 amide bonds. The fourth-order valence-electron chi connectivity index (χ4n) is 2.51. The normalized spacial score (nSPS) is 10.7. The minimum Gasteiger partial charge on any atom is -0.308 e. The van der Waals surface area contributed by atoms with Gasteiger partial charge in [-0.25, -0.2) is 19.7 Å². The van der Waals surface area contributed by atoms with Crippen LogP contribution in [-0.2, 0) is 0 Å². The third kappa shape index (κ3) is 3.20. The summed E-state index contributed by atoms with van der Waals surface area (Å²) in [6, 6.07) is 16.0. The number of carbonyl (C=O) groups is 1. The second-order valence-corrected chi connectivity index (χ2v) is 5.87. The Bertz CT molecular complexity index is 1060. The molecule has 0 aliphatic rings. The van der Waals surface area contributed by atoms with Gasteiger partial charge in [-0.3, -0.25) is 9.88 Å². The molecule has 0 atom stereocenters. The van der Waals surface area contributed by atoms with E-state index in [4.69, 9.17) is 11.6 Å². The topological polar surface area (TPSA) is 84.7 Å². The molecule has 7 nitrogen and oxygen atoms in total. The van der Waals surface area contributed by atoms with Gasteiger partial charge in [0.25, 0.3) is 0 Å². The first kappa shape index (κ1) is 16.0. The molecule has 2 heterocycles. The van der Waals surface area contributed by atoms with E-state index in [2.05, 4.69) is 25.6 Å². The van der Waals surface area contributed by atoms with Crippen molar-refractivity contribution < 1.29 is 4.79 Å². The number of rotatable bonds is 3. The van der Waals surface area contributed by atoms with E-state index in [0.29, 0.717) is 27.7 Å². The molecule has 4 rings (SSSR count). The molecule has 2 aromatic carbocycles. The minimum atomic E-state index is -0.405. The van der Waals surface area contributed by atoms with E-state index in [0.717, 1.165) is 5.69 Å². The van der Waals surface area contributed by atoms with Gasteiger partial charge < -0.3 is 5.32 Å². The standard InChI is InChI=1S/C18H13ClN6O/c19-12-6-8-14(9-7-12)25-11-22-15-16(20-10-21-17(15)25)24-18(26)23-13-4-2-1-3-5-13/h1-11H,(H2,20,21,23,24,26). The number of nitrogens with one attached hydrogen (secondary N) is 2. The number of aromatic nitrogens is 4. The van der Waals surface area contributed by atoms with Crippen molar-refractivity contribution in [3.63, 3.8) is 0 Å². The maximum Gasteiger partial charge on any atom is 0.324 e. The van der Waals surface area contributed by atoms with Crippen LogP contribution in [0.4, 0.5) is 16.3 Å². The number of hydrogen-bond donors (Lipinski definition) is 2. The number of halogens is 1. The van der Waals surface area contributed by atoms with Gasteiger partial charge in [0.2, 0.25) is 0 Å². The molecule has 0 aliphatic heterocycles. The molecular weight excluding hydrogens is 352 g/mol. The number of para-hydroxylation sites is 1. The fourth-order valence-corrected chi connectivity index (χ4v) is 2.63. The van der Waals surface area contributed by atoms with E-state index >= 15 is 0 Å². The second kappa shape index (κ2) is 6.81. The lowest BCUT2D eigenvalue weighted by Crippen LogP contribution is -2.20. The summed E-state index contributed by atoms with van der Waals surface area (Å²) in [5, 5.41) is 6.10. The second-order valence-electron chi connectivity index (χ2n) is 5.43. The third-order valence-electron chi connectivity index (χ3n) is 3.70. The summed E-state index contributed by atoms with van der Waals surface area (Å²) >= 11 is 5.94. The van der Waals surface area contributed by atoms with Crippen LogP contribution in [0.25, 0.3) is 16.9 Å². The smallest absolute Gasteiger partial charge is 0.308 e. The minimum absolute atomic E-state index is 0.330. The lowest BCUT2D eigenvalue weighted by Gasteiger charge is -2.07. The van der Waals surface area contributed by atoms with E-state index in [-0.39, 0.29) is 0 Å². The quantitative estimate of drug-likeness (QED) is 0.572. The maximum absolute atomic E-state index is 12.2. The SMILES string of the molecule is O=C(Nc1ccccc1)Nc1ncnc2c1ncn2-c1ccc(Cl)cc1. The number of hydrogen-bond acceptors (Lipinski definition) is 4. The van der Waals surface area contributed by atoms with Crippen LogP contribution < -0.4 is 10.6 Å². The van der Waals surface area contributed by atoms with E-state index < -0.39 is 6.03 Å². The zero-order valence-electron chi connectivity index (χ0n) is 13.4. The Kier molecular flexibility index (Phi) is 4.20. The number of amides is 2. The van der Waals surface area contributed by atoms with E-state index in [1.165, 1.54) is 6.33 Å². The lowest BCUT2D eigenvalue weighted by atomic mass is 10.3. The van der Waals surface area contributed by atoms with Crippen molar-refractivity contribution in [1.82, 2.24) is 19.5 Å². The van der Waals surface area contributed by atoms with Crippen molar-refractivity contribution in [2.45, 2.75) is 0 Å². The van der Waals surface area contributed by atoms with Gasteiger partial charge >= 0.3 is 6.03 Å². The number of fused-ring (bicyclic) bond motifs is 1. The first-order chi connectivity index (χ1) is 12.7. The van der Waals surface area contributed by atoms with Gasteiger partial charge in [-0.2, -0.15) is 0 Å². The molecular formula is C18H13ClN6O. The van der Waals surface area contributed by atoms with Crippen LogP contribution in [0.15, 0.2) is 67.3 Å². The van der Waals surface area contributed by atoms with Crippen LogP contribution in [0.2, 0.25) is 5.02 Å². The number of imidazole rings is 1. The lowest BCUT2D eigenvalue weighted by molar-refractivity contribution is 0.262. The summed E-state index contributed by atoms with van der Waals surface area (Å²) in [6.07, 6.45) is 3.01. The molecule has 0 bridgehead atoms. The van der Waals surface area contributed by atoms with Gasteiger partial charge in [-0.05, 0) is 36.4 Å². The zero-order valence-corrected chi connectivity index (χ0v) is 14.2. The van der Waals surface area contributed by atoms with Gasteiger partial charge in [0.05, 0.1) is 0 Å². The first-order valence-corrected chi connectivity index (χ1v) is 8.15. The summed E-state index contributed by atoms with van der Waals surface area (Å²) in [6.45, 7) is 0. The summed E-state index contributed by atoms with van der Waals surface area (Å²) in [7, 11) is 0. The highest BCUT2D eigenvalue weighted by atomic mass is 35.5. The largest absolute Gasteiger partial charge is 0.324 e. The molecule has 4 aromatic rings. The van der Waals surface area contributed by atoms with Crippen molar-refractivity contribution in [3.05, 3.63) is 72.3 Å². The number of nitrogens with zero attached hydrogens (tertiary/aromatic N) is 4. The molecule has 0 saturated heterocycles. The van der Waals surface area contributed by atoms with Gasteiger partial charge in [0.1, 0.15) is 12.7 Å². The average Bonchev–Trinajstić information content (AvgIpc) is 3.08. The van der Waals surface area contributed by atoms with Gasteiger partial charge in [0.15, 0.2) is 17.0 Å². The van der Waals surface area contributed by atoms with Crippen LogP contribution in [0, 0.1) is 0 Å². The number of benzene rings is 2. The van der Waals surface area contributed by atoms with Crippen molar-refractivity contribution in [2.75, 3.05) is 10.6 Å². The summed E-state index contributed by atoms with van der Waals surface area (Å²) in [5.41, 5.74) is 2.61. The van der Waals surface area contributed by atoms with Crippen molar-refractivity contribution in [1.29, 1.82) is 0 Å². The number of anilines is 2. The van der Waals surface area contributed by atoms with Crippen LogP contribution in [0.3, 0.4) is 0 Å². The van der Waals surface area contributed by atoms with Gasteiger partial charge in [-0.15, -0.1) is 0 Å². The molecule has 0 radical (unpaired) electrons. The van der Waals surface area contributed by atoms with Crippen molar-refractivity contribution in [3.8, 4) is 5.69 Å². The number of carbonyl (C=O) groups excluding carboxylic acids is 1. The Labute approximate surface area is 153 Å². The molecule has 0 spiro atoms. The Morgan fingerprint density at radius 1 is 0.923 bits per heavy atom. The molecule has 0 saturated carbocycles. The van der Waals surface area contributed by atoms with Gasteiger partial charge in [0, 0.05) is 16.4 Å². The van der Waals surface area contributed by atoms with E-state index in [9.17, 15) is 4.79 Å². The third-order valence-corrected chi connectivity index (χ3v) is 3.95. The molecule has 0 unspecified atom stereocenters. The van der Waals surface area contributed by atoms with Crippen molar-refractivity contribution >= 4 is 40.3 Å². The molecule has 8 heteroatoms. The first-order valence-electron chi connectivity index (χ1n) is 7.78. The molecule has 26 heavy (non-hydrogen) atoms. The Hall–Kier alpha value is -3.45. The van der Waals surface area contributed by atoms with Crippen LogP contribution >= 0.6 is 11.6 Å². The monoisotopic (exact) mass is 364 g/mol. The molecule has 2 N–H and O–H groups in total. The van der Waals surface area contributed by atoms with Gasteiger partial charge in [-0.1, -0.05) is 29.8 Å². The highest BCUT2D eigenvalue weighted by molar-refractivity contribution is 6.30. The van der Waals surface area contributed by atoms with Crippen LogP contribution in [-0.4, -0.2) is 25.6 Å². The highest BCUT2D eigenvalue weighted by Gasteiger charge is 2.13. The van der Waals surface area contributed by atoms with E-state index in [1.807, 2.05) is 30.3 Å². The number of urea groups is 1. The Balaban J connectivity index is 1.62. The zero-order chi connectivity index (χ0) is 17.9. The Morgan fingerprint density at radius 3 is 2.46 bits per heavy atom. The molecule has 0 aliphatic carbocycles. The molecule has 128 valence electrons. The molecule has 2 aromatic heterocycles.